The first-order chi connectivity index (χ1) is 10.3. The second-order valence-electron chi connectivity index (χ2n) is 4.17. The van der Waals surface area contributed by atoms with Gasteiger partial charge in [-0.25, -0.2) is 0 Å². The molecule has 0 aliphatic carbocycles. The molecule has 0 radical (unpaired) electrons. The fourth-order valence-electron chi connectivity index (χ4n) is 1.75. The molecule has 0 spiro atoms. The number of carbonyl (C=O) groups is 1. The SMILES string of the molecule is O=C(c1ccc(I)c([N+](=O)[O-])c1)c1cc([N+](=O)[O-])ccc1Cl. The molecule has 9 heteroatoms. The molecule has 0 atom stereocenters. The number of halogens is 2. The summed E-state index contributed by atoms with van der Waals surface area (Å²) in [6.07, 6.45) is 0. The number of ketones is 1. The van der Waals surface area contributed by atoms with E-state index >= 15 is 0 Å². The van der Waals surface area contributed by atoms with Gasteiger partial charge >= 0.3 is 0 Å². The molecule has 0 unspecified atom stereocenters. The van der Waals surface area contributed by atoms with Crippen LogP contribution >= 0.6 is 34.2 Å². The van der Waals surface area contributed by atoms with Crippen LogP contribution in [0.25, 0.3) is 0 Å². The third-order valence-electron chi connectivity index (χ3n) is 2.81. The third-order valence-corrected chi connectivity index (χ3v) is 4.05. The van der Waals surface area contributed by atoms with Crippen LogP contribution in [0.15, 0.2) is 36.4 Å². The third kappa shape index (κ3) is 3.22. The quantitative estimate of drug-likeness (QED) is 0.314. The fourth-order valence-corrected chi connectivity index (χ4v) is 2.49. The summed E-state index contributed by atoms with van der Waals surface area (Å²) in [5, 5.41) is 21.7. The summed E-state index contributed by atoms with van der Waals surface area (Å²) in [5.41, 5.74) is -0.540. The van der Waals surface area contributed by atoms with E-state index in [1.807, 2.05) is 0 Å². The lowest BCUT2D eigenvalue weighted by molar-refractivity contribution is -0.385. The molecular formula is C13H6ClIN2O5. The van der Waals surface area contributed by atoms with Gasteiger partial charge in [0.1, 0.15) is 0 Å². The molecule has 0 fully saturated rings. The van der Waals surface area contributed by atoms with Crippen LogP contribution in [0.4, 0.5) is 11.4 Å². The number of nitrogens with zero attached hydrogens (tertiary/aromatic N) is 2. The van der Waals surface area contributed by atoms with Gasteiger partial charge in [0, 0.05) is 29.3 Å². The van der Waals surface area contributed by atoms with Crippen molar-refractivity contribution in [2.24, 2.45) is 0 Å². The zero-order chi connectivity index (χ0) is 16.4. The monoisotopic (exact) mass is 432 g/mol. The second-order valence-corrected chi connectivity index (χ2v) is 5.74. The van der Waals surface area contributed by atoms with Crippen LogP contribution in [0.3, 0.4) is 0 Å². The molecule has 0 bridgehead atoms. The van der Waals surface area contributed by atoms with E-state index in [1.165, 1.54) is 24.3 Å². The number of non-ortho nitro benzene ring substituents is 1. The minimum atomic E-state index is -0.649. The van der Waals surface area contributed by atoms with Crippen LogP contribution in [-0.4, -0.2) is 15.6 Å². The highest BCUT2D eigenvalue weighted by molar-refractivity contribution is 14.1. The molecule has 2 aromatic carbocycles. The van der Waals surface area contributed by atoms with E-state index in [1.54, 1.807) is 22.6 Å². The van der Waals surface area contributed by atoms with Crippen LogP contribution in [0, 0.1) is 23.8 Å². The fraction of sp³-hybridized carbons (Fsp3) is 0. The van der Waals surface area contributed by atoms with E-state index in [0.717, 1.165) is 12.1 Å². The summed E-state index contributed by atoms with van der Waals surface area (Å²) in [7, 11) is 0. The molecule has 0 saturated carbocycles. The summed E-state index contributed by atoms with van der Waals surface area (Å²) in [6.45, 7) is 0. The van der Waals surface area contributed by atoms with Crippen molar-refractivity contribution in [3.05, 3.63) is 76.3 Å². The van der Waals surface area contributed by atoms with Gasteiger partial charge < -0.3 is 0 Å². The number of hydrogen-bond acceptors (Lipinski definition) is 5. The Morgan fingerprint density at radius 2 is 1.73 bits per heavy atom. The summed E-state index contributed by atoms with van der Waals surface area (Å²) in [6, 6.07) is 7.43. The second kappa shape index (κ2) is 6.36. The maximum absolute atomic E-state index is 12.4. The number of carbonyl (C=O) groups excluding carboxylic acids is 1. The highest BCUT2D eigenvalue weighted by Crippen LogP contribution is 2.27. The highest BCUT2D eigenvalue weighted by atomic mass is 127. The van der Waals surface area contributed by atoms with Gasteiger partial charge in [-0.1, -0.05) is 11.6 Å². The van der Waals surface area contributed by atoms with Crippen molar-refractivity contribution in [1.82, 2.24) is 0 Å². The first-order valence-electron chi connectivity index (χ1n) is 5.74. The van der Waals surface area contributed by atoms with Crippen molar-refractivity contribution >= 4 is 51.3 Å². The van der Waals surface area contributed by atoms with E-state index in [-0.39, 0.29) is 27.5 Å². The van der Waals surface area contributed by atoms with Crippen molar-refractivity contribution in [2.45, 2.75) is 0 Å². The Bertz CT molecular complexity index is 809. The molecular weight excluding hydrogens is 427 g/mol. The van der Waals surface area contributed by atoms with E-state index in [0.29, 0.717) is 3.57 Å². The molecule has 2 aromatic rings. The zero-order valence-corrected chi connectivity index (χ0v) is 13.6. The number of rotatable bonds is 4. The van der Waals surface area contributed by atoms with E-state index < -0.39 is 15.6 Å². The van der Waals surface area contributed by atoms with Crippen LogP contribution in [0.1, 0.15) is 15.9 Å². The lowest BCUT2D eigenvalue weighted by Gasteiger charge is -2.04. The number of nitro groups is 2. The Hall–Kier alpha value is -2.07. The molecule has 22 heavy (non-hydrogen) atoms. The molecule has 0 heterocycles. The molecule has 7 nitrogen and oxygen atoms in total. The Morgan fingerprint density at radius 1 is 1.05 bits per heavy atom. The van der Waals surface area contributed by atoms with Crippen molar-refractivity contribution < 1.29 is 14.6 Å². The van der Waals surface area contributed by atoms with Crippen molar-refractivity contribution in [2.75, 3.05) is 0 Å². The molecule has 2 rings (SSSR count). The minimum Gasteiger partial charge on any atom is -0.289 e. The standard InChI is InChI=1S/C13H6ClIN2O5/c14-10-3-2-8(16(19)20)6-9(10)13(18)7-1-4-11(15)12(5-7)17(21)22/h1-6H. The molecule has 0 saturated heterocycles. The molecule has 0 amide bonds. The van der Waals surface area contributed by atoms with Gasteiger partial charge in [0.2, 0.25) is 0 Å². The average molecular weight is 433 g/mol. The molecule has 0 N–H and O–H groups in total. The van der Waals surface area contributed by atoms with Gasteiger partial charge in [0.25, 0.3) is 11.4 Å². The zero-order valence-electron chi connectivity index (χ0n) is 10.7. The largest absolute Gasteiger partial charge is 0.289 e. The van der Waals surface area contributed by atoms with Gasteiger partial charge in [-0.15, -0.1) is 0 Å². The van der Waals surface area contributed by atoms with Crippen LogP contribution in [-0.2, 0) is 0 Å². The molecule has 0 aliphatic heterocycles. The number of nitro benzene ring substituents is 2. The van der Waals surface area contributed by atoms with Crippen LogP contribution in [0.5, 0.6) is 0 Å². The maximum Gasteiger partial charge on any atom is 0.283 e. The van der Waals surface area contributed by atoms with Crippen molar-refractivity contribution in [1.29, 1.82) is 0 Å². The first kappa shape index (κ1) is 16.3. The van der Waals surface area contributed by atoms with Crippen molar-refractivity contribution in [3.8, 4) is 0 Å². The average Bonchev–Trinajstić information content (AvgIpc) is 2.47. The number of benzene rings is 2. The van der Waals surface area contributed by atoms with E-state index in [9.17, 15) is 25.0 Å². The van der Waals surface area contributed by atoms with Gasteiger partial charge in [-0.2, -0.15) is 0 Å². The van der Waals surface area contributed by atoms with E-state index in [2.05, 4.69) is 0 Å². The highest BCUT2D eigenvalue weighted by Gasteiger charge is 2.20. The Morgan fingerprint density at radius 3 is 2.32 bits per heavy atom. The lowest BCUT2D eigenvalue weighted by Crippen LogP contribution is -2.05. The predicted molar refractivity (Wildman–Crippen MR) is 87.4 cm³/mol. The topological polar surface area (TPSA) is 103 Å². The van der Waals surface area contributed by atoms with Crippen LogP contribution < -0.4 is 0 Å². The summed E-state index contributed by atoms with van der Waals surface area (Å²) < 4.78 is 0.379. The maximum atomic E-state index is 12.4. The van der Waals surface area contributed by atoms with Gasteiger partial charge in [0.05, 0.1) is 18.4 Å². The Labute approximate surface area is 142 Å². The molecule has 0 aromatic heterocycles. The first-order valence-corrected chi connectivity index (χ1v) is 7.19. The Kier molecular flexibility index (Phi) is 4.71. The van der Waals surface area contributed by atoms with E-state index in [4.69, 9.17) is 11.6 Å². The van der Waals surface area contributed by atoms with Crippen molar-refractivity contribution in [3.63, 3.8) is 0 Å². The summed E-state index contributed by atoms with van der Waals surface area (Å²) in [5.74, 6) is -0.617. The predicted octanol–water partition coefficient (Wildman–Crippen LogP) is 3.99. The normalized spacial score (nSPS) is 10.3. The molecule has 0 aliphatic rings. The summed E-state index contributed by atoms with van der Waals surface area (Å²) in [4.78, 5) is 32.8. The van der Waals surface area contributed by atoms with Crippen LogP contribution in [0.2, 0.25) is 5.02 Å². The van der Waals surface area contributed by atoms with Gasteiger partial charge in [-0.05, 0) is 40.8 Å². The summed E-state index contributed by atoms with van der Waals surface area (Å²) >= 11 is 7.68. The minimum absolute atomic E-state index is 0.0366. The van der Waals surface area contributed by atoms with Gasteiger partial charge in [-0.3, -0.25) is 25.0 Å². The molecule has 112 valence electrons. The number of hydrogen-bond donors (Lipinski definition) is 0. The van der Waals surface area contributed by atoms with Gasteiger partial charge in [0.15, 0.2) is 5.78 Å². The lowest BCUT2D eigenvalue weighted by atomic mass is 10.0. The smallest absolute Gasteiger partial charge is 0.283 e. The Balaban J connectivity index is 2.53.